The highest BCUT2D eigenvalue weighted by Crippen LogP contribution is 2.30. The molecule has 1 aromatic heterocycles. The van der Waals surface area contributed by atoms with Crippen LogP contribution < -0.4 is 16.3 Å². The van der Waals surface area contributed by atoms with Crippen molar-refractivity contribution in [2.45, 2.75) is 0 Å². The standard InChI is InChI=1S/C4H4N6O3/c5-2-1(9-11)3(13-10-12)8-4(6)7-2/h(H4,5,6,7,8). The van der Waals surface area contributed by atoms with Gasteiger partial charge in [-0.1, -0.05) is 0 Å². The first-order valence-electron chi connectivity index (χ1n) is 2.95. The summed E-state index contributed by atoms with van der Waals surface area (Å²) in [7, 11) is 0. The van der Waals surface area contributed by atoms with Gasteiger partial charge in [0.15, 0.2) is 11.2 Å². The minimum absolute atomic E-state index is 0.247. The second kappa shape index (κ2) is 3.38. The van der Waals surface area contributed by atoms with Gasteiger partial charge in [-0.15, -0.1) is 9.81 Å². The summed E-state index contributed by atoms with van der Waals surface area (Å²) >= 11 is 0. The molecule has 68 valence electrons. The zero-order valence-corrected chi connectivity index (χ0v) is 6.17. The molecule has 0 saturated heterocycles. The highest BCUT2D eigenvalue weighted by Gasteiger charge is 2.14. The monoisotopic (exact) mass is 184 g/mol. The minimum Gasteiger partial charge on any atom is -0.382 e. The Morgan fingerprint density at radius 1 is 1.23 bits per heavy atom. The third-order valence-corrected chi connectivity index (χ3v) is 1.11. The second-order valence-electron chi connectivity index (χ2n) is 1.88. The predicted octanol–water partition coefficient (Wildman–Crippen LogP) is 0.0991. The number of nitroso groups, excluding NO2 is 1. The molecule has 0 unspecified atom stereocenters. The Kier molecular flexibility index (Phi) is 2.28. The van der Waals surface area contributed by atoms with Gasteiger partial charge < -0.3 is 16.3 Å². The minimum atomic E-state index is -0.463. The van der Waals surface area contributed by atoms with E-state index in [0.717, 1.165) is 0 Å². The molecule has 0 atom stereocenters. The molecular formula is C4H4N6O3. The number of aromatic nitrogens is 2. The first kappa shape index (κ1) is 8.77. The van der Waals surface area contributed by atoms with Crippen molar-refractivity contribution >= 4 is 17.5 Å². The van der Waals surface area contributed by atoms with Crippen LogP contribution in [0.3, 0.4) is 0 Å². The molecule has 0 aliphatic carbocycles. The Morgan fingerprint density at radius 3 is 2.46 bits per heavy atom. The first-order chi connectivity index (χ1) is 6.19. The molecule has 0 aliphatic heterocycles. The Hall–Kier alpha value is -2.32. The lowest BCUT2D eigenvalue weighted by molar-refractivity contribution is 0.323. The molecule has 0 aliphatic rings. The van der Waals surface area contributed by atoms with Crippen molar-refractivity contribution in [3.8, 4) is 5.88 Å². The number of hydrogen-bond donors (Lipinski definition) is 2. The summed E-state index contributed by atoms with van der Waals surface area (Å²) < 4.78 is 0. The summed E-state index contributed by atoms with van der Waals surface area (Å²) in [6, 6.07) is 0. The molecular weight excluding hydrogens is 180 g/mol. The van der Waals surface area contributed by atoms with Crippen molar-refractivity contribution in [1.82, 2.24) is 9.97 Å². The molecule has 9 heteroatoms. The number of hydrogen-bond acceptors (Lipinski definition) is 9. The summed E-state index contributed by atoms with van der Waals surface area (Å²) in [5.74, 6) is -0.986. The average molecular weight is 184 g/mol. The smallest absolute Gasteiger partial charge is 0.288 e. The van der Waals surface area contributed by atoms with E-state index >= 15 is 0 Å². The van der Waals surface area contributed by atoms with E-state index in [4.69, 9.17) is 11.5 Å². The van der Waals surface area contributed by atoms with E-state index in [0.29, 0.717) is 0 Å². The van der Waals surface area contributed by atoms with Gasteiger partial charge in [0.2, 0.25) is 11.6 Å². The fraction of sp³-hybridized carbons (Fsp3) is 0. The maximum Gasteiger partial charge on any atom is 0.288 e. The van der Waals surface area contributed by atoms with Gasteiger partial charge in [-0.05, 0) is 5.18 Å². The lowest BCUT2D eigenvalue weighted by atomic mass is 10.5. The first-order valence-corrected chi connectivity index (χ1v) is 2.95. The Bertz CT molecular complexity index is 352. The van der Waals surface area contributed by atoms with Crippen molar-refractivity contribution in [2.24, 2.45) is 10.5 Å². The van der Waals surface area contributed by atoms with Crippen molar-refractivity contribution in [3.63, 3.8) is 0 Å². The molecule has 1 aromatic rings. The summed E-state index contributed by atoms with van der Waals surface area (Å²) in [6.07, 6.45) is 0. The second-order valence-corrected chi connectivity index (χ2v) is 1.88. The number of anilines is 2. The van der Waals surface area contributed by atoms with Gasteiger partial charge in [0.05, 0.1) is 0 Å². The zero-order valence-electron chi connectivity index (χ0n) is 6.17. The van der Waals surface area contributed by atoms with E-state index in [1.165, 1.54) is 0 Å². The quantitative estimate of drug-likeness (QED) is 0.500. The van der Waals surface area contributed by atoms with Gasteiger partial charge in [-0.2, -0.15) is 9.97 Å². The predicted molar refractivity (Wildman–Crippen MR) is 42.7 cm³/mol. The van der Waals surface area contributed by atoms with Gasteiger partial charge >= 0.3 is 0 Å². The fourth-order valence-electron chi connectivity index (χ4n) is 0.653. The Labute approximate surface area is 71.0 Å². The summed E-state index contributed by atoms with van der Waals surface area (Å²) in [6.45, 7) is 0. The van der Waals surface area contributed by atoms with Crippen LogP contribution in [0, 0.1) is 9.81 Å². The SMILES string of the molecule is Nc1nc(N)c(N=O)c(ON=O)n1. The number of nitrogens with two attached hydrogens (primary N) is 2. The van der Waals surface area contributed by atoms with Crippen LogP contribution in [0.1, 0.15) is 0 Å². The van der Waals surface area contributed by atoms with Crippen LogP contribution in [0.25, 0.3) is 0 Å². The molecule has 0 spiro atoms. The normalized spacial score (nSPS) is 9.23. The third kappa shape index (κ3) is 1.64. The largest absolute Gasteiger partial charge is 0.382 e. The Balaban J connectivity index is 3.28. The molecule has 4 N–H and O–H groups in total. The van der Waals surface area contributed by atoms with Gasteiger partial charge in [-0.3, -0.25) is 0 Å². The van der Waals surface area contributed by atoms with Crippen LogP contribution in [0.15, 0.2) is 10.5 Å². The molecule has 0 radical (unpaired) electrons. The number of nitrogens with zero attached hydrogens (tertiary/aromatic N) is 4. The molecule has 9 nitrogen and oxygen atoms in total. The van der Waals surface area contributed by atoms with E-state index in [-0.39, 0.29) is 11.8 Å². The topological polar surface area (TPSA) is 146 Å². The summed E-state index contributed by atoms with van der Waals surface area (Å²) in [5, 5.41) is 4.50. The molecule has 0 bridgehead atoms. The van der Waals surface area contributed by atoms with Crippen molar-refractivity contribution in [3.05, 3.63) is 9.81 Å². The maximum absolute atomic E-state index is 10.2. The molecule has 0 fully saturated rings. The van der Waals surface area contributed by atoms with Crippen LogP contribution in [0.5, 0.6) is 5.88 Å². The van der Waals surface area contributed by atoms with E-state index in [9.17, 15) is 9.81 Å². The van der Waals surface area contributed by atoms with E-state index in [2.05, 4.69) is 20.0 Å². The Morgan fingerprint density at radius 2 is 1.92 bits per heavy atom. The van der Waals surface area contributed by atoms with Crippen molar-refractivity contribution < 1.29 is 4.84 Å². The van der Waals surface area contributed by atoms with Gasteiger partial charge in [-0.25, -0.2) is 0 Å². The van der Waals surface area contributed by atoms with Crippen LogP contribution in [0.4, 0.5) is 17.5 Å². The summed E-state index contributed by atoms with van der Waals surface area (Å²) in [5.41, 5.74) is 9.95. The lowest BCUT2D eigenvalue weighted by Crippen LogP contribution is -2.01. The summed E-state index contributed by atoms with van der Waals surface area (Å²) in [4.78, 5) is 30.7. The fourth-order valence-corrected chi connectivity index (χ4v) is 0.653. The zero-order chi connectivity index (χ0) is 9.84. The highest BCUT2D eigenvalue weighted by molar-refractivity contribution is 5.65. The molecule has 0 amide bonds. The molecule has 0 saturated carbocycles. The third-order valence-electron chi connectivity index (χ3n) is 1.11. The van der Waals surface area contributed by atoms with Crippen LogP contribution >= 0.6 is 0 Å². The number of rotatable bonds is 3. The van der Waals surface area contributed by atoms with Gasteiger partial charge in [0.25, 0.3) is 5.88 Å². The van der Waals surface area contributed by atoms with Crippen LogP contribution in [0.2, 0.25) is 0 Å². The molecule has 1 heterocycles. The van der Waals surface area contributed by atoms with E-state index in [1.807, 2.05) is 5.34 Å². The van der Waals surface area contributed by atoms with Crippen LogP contribution in [-0.2, 0) is 0 Å². The van der Waals surface area contributed by atoms with Crippen molar-refractivity contribution in [2.75, 3.05) is 11.5 Å². The van der Waals surface area contributed by atoms with E-state index < -0.39 is 11.6 Å². The van der Waals surface area contributed by atoms with E-state index in [1.54, 1.807) is 0 Å². The number of nitrogen functional groups attached to an aromatic ring is 2. The van der Waals surface area contributed by atoms with Crippen molar-refractivity contribution in [1.29, 1.82) is 0 Å². The van der Waals surface area contributed by atoms with Gasteiger partial charge in [0.1, 0.15) is 0 Å². The molecule has 13 heavy (non-hydrogen) atoms. The maximum atomic E-state index is 10.2. The lowest BCUT2D eigenvalue weighted by Gasteiger charge is -2.00. The molecule has 1 rings (SSSR count). The molecule has 0 aromatic carbocycles. The average Bonchev–Trinajstić information content (AvgIpc) is 2.04. The highest BCUT2D eigenvalue weighted by atomic mass is 16.7. The van der Waals surface area contributed by atoms with Crippen LogP contribution in [-0.4, -0.2) is 9.97 Å². The van der Waals surface area contributed by atoms with Gasteiger partial charge in [0, 0.05) is 0 Å².